The molecule has 0 aliphatic carbocycles. The molecule has 9 heteroatoms. The number of nitrogens with zero attached hydrogens (tertiary/aromatic N) is 4. The van der Waals surface area contributed by atoms with Crippen LogP contribution in [0.15, 0.2) is 18.6 Å². The zero-order valence-corrected chi connectivity index (χ0v) is 15.3. The van der Waals surface area contributed by atoms with Gasteiger partial charge in [-0.15, -0.1) is 0 Å². The van der Waals surface area contributed by atoms with Crippen molar-refractivity contribution < 1.29 is 13.2 Å². The number of aryl methyl sites for hydroxylation is 1. The lowest BCUT2D eigenvalue weighted by Crippen LogP contribution is -2.44. The number of sulfonamides is 1. The molecule has 8 nitrogen and oxygen atoms in total. The summed E-state index contributed by atoms with van der Waals surface area (Å²) in [6.07, 6.45) is 9.60. The van der Waals surface area contributed by atoms with E-state index in [1.807, 2.05) is 13.1 Å². The molecule has 1 saturated heterocycles. The predicted octanol–water partition coefficient (Wildman–Crippen LogP) is 0.972. The maximum absolute atomic E-state index is 12.4. The van der Waals surface area contributed by atoms with Crippen LogP contribution < -0.4 is 5.32 Å². The summed E-state index contributed by atoms with van der Waals surface area (Å²) in [6.45, 7) is 2.89. The number of fused-ring (bicyclic) bond motifs is 1. The quantitative estimate of drug-likeness (QED) is 0.852. The van der Waals surface area contributed by atoms with Gasteiger partial charge in [-0.05, 0) is 31.7 Å². The standard InChI is InChI=1S/C16H23N5O3S/c1-12-9-18-15-14(10-19-20(15)11-12)16(22)17-7-6-13-5-3-4-8-21(13)25(2,23)24/h9-11,13H,3-8H2,1-2H3,(H,17,22)/t13-/m0/s1. The highest BCUT2D eigenvalue weighted by atomic mass is 32.2. The normalized spacial score (nSPS) is 19.2. The average Bonchev–Trinajstić information content (AvgIpc) is 2.97. The first-order valence-electron chi connectivity index (χ1n) is 8.41. The van der Waals surface area contributed by atoms with Gasteiger partial charge in [0.1, 0.15) is 5.56 Å². The second-order valence-electron chi connectivity index (χ2n) is 6.53. The molecule has 0 bridgehead atoms. The highest BCUT2D eigenvalue weighted by Crippen LogP contribution is 2.22. The van der Waals surface area contributed by atoms with Crippen LogP contribution in [0.3, 0.4) is 0 Å². The highest BCUT2D eigenvalue weighted by Gasteiger charge is 2.29. The topological polar surface area (TPSA) is 96.7 Å². The van der Waals surface area contributed by atoms with Gasteiger partial charge >= 0.3 is 0 Å². The van der Waals surface area contributed by atoms with Gasteiger partial charge in [0, 0.05) is 31.5 Å². The maximum Gasteiger partial charge on any atom is 0.256 e. The molecule has 2 aromatic rings. The molecule has 2 aromatic heterocycles. The number of rotatable bonds is 5. The largest absolute Gasteiger partial charge is 0.352 e. The van der Waals surface area contributed by atoms with E-state index in [2.05, 4.69) is 15.4 Å². The minimum absolute atomic E-state index is 0.0475. The lowest BCUT2D eigenvalue weighted by atomic mass is 10.0. The molecule has 1 aliphatic rings. The van der Waals surface area contributed by atoms with Crippen LogP contribution in [0.5, 0.6) is 0 Å². The number of amides is 1. The molecule has 1 N–H and O–H groups in total. The van der Waals surface area contributed by atoms with Crippen LogP contribution in [0.4, 0.5) is 0 Å². The number of hydrogen-bond donors (Lipinski definition) is 1. The van der Waals surface area contributed by atoms with E-state index < -0.39 is 10.0 Å². The van der Waals surface area contributed by atoms with Gasteiger partial charge in [0.2, 0.25) is 10.0 Å². The molecule has 1 fully saturated rings. The minimum Gasteiger partial charge on any atom is -0.352 e. The third-order valence-corrected chi connectivity index (χ3v) is 5.83. The number of carbonyl (C=O) groups excluding carboxylic acids is 1. The third kappa shape index (κ3) is 3.98. The van der Waals surface area contributed by atoms with Crippen molar-refractivity contribution in [2.75, 3.05) is 19.3 Å². The molecular weight excluding hydrogens is 342 g/mol. The molecule has 1 atom stereocenters. The summed E-state index contributed by atoms with van der Waals surface area (Å²) in [4.78, 5) is 16.6. The minimum atomic E-state index is -3.20. The monoisotopic (exact) mass is 365 g/mol. The van der Waals surface area contributed by atoms with E-state index in [4.69, 9.17) is 0 Å². The lowest BCUT2D eigenvalue weighted by Gasteiger charge is -2.33. The zero-order valence-electron chi connectivity index (χ0n) is 14.5. The van der Waals surface area contributed by atoms with Crippen molar-refractivity contribution in [3.63, 3.8) is 0 Å². The van der Waals surface area contributed by atoms with Crippen LogP contribution in [0.1, 0.15) is 41.6 Å². The molecule has 1 amide bonds. The summed E-state index contributed by atoms with van der Waals surface area (Å²) >= 11 is 0. The van der Waals surface area contributed by atoms with Gasteiger partial charge in [-0.3, -0.25) is 4.79 Å². The Hall–Kier alpha value is -2.00. The second-order valence-corrected chi connectivity index (χ2v) is 8.46. The van der Waals surface area contributed by atoms with Crippen molar-refractivity contribution >= 4 is 21.6 Å². The van der Waals surface area contributed by atoms with E-state index in [0.717, 1.165) is 24.8 Å². The van der Waals surface area contributed by atoms with E-state index >= 15 is 0 Å². The summed E-state index contributed by atoms with van der Waals surface area (Å²) in [5, 5.41) is 7.01. The van der Waals surface area contributed by atoms with Crippen molar-refractivity contribution in [1.29, 1.82) is 0 Å². The predicted molar refractivity (Wildman–Crippen MR) is 93.9 cm³/mol. The SMILES string of the molecule is Cc1cnc2c(C(=O)NCC[C@@H]3CCCCN3S(C)(=O)=O)cnn2c1. The Morgan fingerprint density at radius 1 is 1.36 bits per heavy atom. The molecule has 1 aliphatic heterocycles. The van der Waals surface area contributed by atoms with E-state index in [9.17, 15) is 13.2 Å². The average molecular weight is 365 g/mol. The molecule has 0 saturated carbocycles. The first kappa shape index (κ1) is 17.8. The summed E-state index contributed by atoms with van der Waals surface area (Å²) in [6, 6.07) is -0.0475. The number of piperidine rings is 1. The summed E-state index contributed by atoms with van der Waals surface area (Å²) in [7, 11) is -3.20. The van der Waals surface area contributed by atoms with Crippen molar-refractivity contribution in [1.82, 2.24) is 24.2 Å². The number of nitrogens with one attached hydrogen (secondary N) is 1. The van der Waals surface area contributed by atoms with Gasteiger partial charge in [0.25, 0.3) is 5.91 Å². The third-order valence-electron chi connectivity index (χ3n) is 4.49. The maximum atomic E-state index is 12.4. The Kier molecular flexibility index (Phi) is 5.05. The number of hydrogen-bond acceptors (Lipinski definition) is 5. The molecule has 0 spiro atoms. The summed E-state index contributed by atoms with van der Waals surface area (Å²) in [5.41, 5.74) is 1.89. The molecular formula is C16H23N5O3S. The van der Waals surface area contributed by atoms with Crippen molar-refractivity contribution in [3.8, 4) is 0 Å². The highest BCUT2D eigenvalue weighted by molar-refractivity contribution is 7.88. The molecule has 0 aromatic carbocycles. The van der Waals surface area contributed by atoms with Crippen molar-refractivity contribution in [2.45, 2.75) is 38.6 Å². The molecule has 3 rings (SSSR count). The van der Waals surface area contributed by atoms with E-state index in [0.29, 0.717) is 30.7 Å². The molecule has 0 radical (unpaired) electrons. The van der Waals surface area contributed by atoms with Crippen molar-refractivity contribution in [3.05, 3.63) is 29.7 Å². The Morgan fingerprint density at radius 2 is 2.16 bits per heavy atom. The first-order chi connectivity index (χ1) is 11.9. The fraction of sp³-hybridized carbons (Fsp3) is 0.562. The molecule has 3 heterocycles. The first-order valence-corrected chi connectivity index (χ1v) is 10.3. The van der Waals surface area contributed by atoms with E-state index in [1.54, 1.807) is 15.0 Å². The fourth-order valence-electron chi connectivity index (χ4n) is 3.27. The van der Waals surface area contributed by atoms with Crippen LogP contribution in [-0.2, 0) is 10.0 Å². The van der Waals surface area contributed by atoms with Gasteiger partial charge in [0.15, 0.2) is 5.65 Å². The van der Waals surface area contributed by atoms with Gasteiger partial charge < -0.3 is 5.32 Å². The Bertz CT molecular complexity index is 877. The van der Waals surface area contributed by atoms with Crippen LogP contribution in [0, 0.1) is 6.92 Å². The Labute approximate surface area is 147 Å². The molecule has 25 heavy (non-hydrogen) atoms. The van der Waals surface area contributed by atoms with Gasteiger partial charge in [0.05, 0.1) is 12.5 Å². The van der Waals surface area contributed by atoms with Gasteiger partial charge in [-0.2, -0.15) is 9.40 Å². The van der Waals surface area contributed by atoms with E-state index in [1.165, 1.54) is 12.5 Å². The molecule has 0 unspecified atom stereocenters. The van der Waals surface area contributed by atoms with Crippen LogP contribution in [-0.4, -0.2) is 58.6 Å². The van der Waals surface area contributed by atoms with E-state index in [-0.39, 0.29) is 11.9 Å². The van der Waals surface area contributed by atoms with Crippen molar-refractivity contribution in [2.24, 2.45) is 0 Å². The fourth-order valence-corrected chi connectivity index (χ4v) is 4.49. The van der Waals surface area contributed by atoms with Gasteiger partial charge in [-0.1, -0.05) is 6.42 Å². The van der Waals surface area contributed by atoms with Crippen LogP contribution in [0.25, 0.3) is 5.65 Å². The smallest absolute Gasteiger partial charge is 0.256 e. The lowest BCUT2D eigenvalue weighted by molar-refractivity contribution is 0.0951. The van der Waals surface area contributed by atoms with Gasteiger partial charge in [-0.25, -0.2) is 17.9 Å². The van der Waals surface area contributed by atoms with Crippen LogP contribution >= 0.6 is 0 Å². The summed E-state index contributed by atoms with van der Waals surface area (Å²) in [5.74, 6) is -0.243. The Balaban J connectivity index is 1.62. The second kappa shape index (κ2) is 7.09. The number of aromatic nitrogens is 3. The molecule has 136 valence electrons. The Morgan fingerprint density at radius 3 is 2.92 bits per heavy atom. The van der Waals surface area contributed by atoms with Crippen LogP contribution in [0.2, 0.25) is 0 Å². The zero-order chi connectivity index (χ0) is 18.0. The number of carbonyl (C=O) groups is 1. The summed E-state index contributed by atoms with van der Waals surface area (Å²) < 4.78 is 26.9.